The van der Waals surface area contributed by atoms with Crippen molar-refractivity contribution in [3.05, 3.63) is 18.2 Å². The van der Waals surface area contributed by atoms with E-state index in [9.17, 15) is 4.79 Å². The minimum Gasteiger partial charge on any atom is -0.349 e. The van der Waals surface area contributed by atoms with E-state index >= 15 is 0 Å². The summed E-state index contributed by atoms with van der Waals surface area (Å²) in [6.07, 6.45) is 7.17. The van der Waals surface area contributed by atoms with Crippen molar-refractivity contribution in [2.24, 2.45) is 17.3 Å². The number of hydrogen-bond acceptors (Lipinski definition) is 3. The predicted octanol–water partition coefficient (Wildman–Crippen LogP) is 1.54. The van der Waals surface area contributed by atoms with E-state index in [2.05, 4.69) is 34.0 Å². The second-order valence-electron chi connectivity index (χ2n) is 6.98. The Hall–Kier alpha value is -1.36. The van der Waals surface area contributed by atoms with E-state index in [0.717, 1.165) is 44.7 Å². The van der Waals surface area contributed by atoms with Crippen LogP contribution in [-0.4, -0.2) is 28.5 Å². The fourth-order valence-corrected chi connectivity index (χ4v) is 3.55. The molecular weight excluding hydrogens is 264 g/mol. The maximum absolute atomic E-state index is 12.3. The van der Waals surface area contributed by atoms with E-state index < -0.39 is 0 Å². The Morgan fingerprint density at radius 3 is 3.00 bits per heavy atom. The third kappa shape index (κ3) is 3.12. The number of aromatic nitrogens is 2. The largest absolute Gasteiger partial charge is 0.349 e. The first-order valence-electron chi connectivity index (χ1n) is 8.09. The lowest BCUT2D eigenvalue weighted by Gasteiger charge is -2.23. The Bertz CT molecular complexity index is 502. The molecule has 1 aliphatic heterocycles. The van der Waals surface area contributed by atoms with E-state index in [4.69, 9.17) is 0 Å². The Morgan fingerprint density at radius 1 is 1.52 bits per heavy atom. The number of rotatable bonds is 5. The zero-order valence-corrected chi connectivity index (χ0v) is 13.1. The smallest absolute Gasteiger partial charge is 0.224 e. The third-order valence-corrected chi connectivity index (χ3v) is 4.89. The van der Waals surface area contributed by atoms with Gasteiger partial charge in [-0.3, -0.25) is 4.79 Å². The summed E-state index contributed by atoms with van der Waals surface area (Å²) in [4.78, 5) is 16.7. The van der Waals surface area contributed by atoms with E-state index in [0.29, 0.717) is 17.9 Å². The molecule has 1 aromatic rings. The first-order chi connectivity index (χ1) is 10.1. The van der Waals surface area contributed by atoms with Gasteiger partial charge in [0.2, 0.25) is 5.91 Å². The maximum atomic E-state index is 12.3. The van der Waals surface area contributed by atoms with Crippen LogP contribution in [-0.2, 0) is 17.9 Å². The van der Waals surface area contributed by atoms with Crippen LogP contribution < -0.4 is 10.6 Å². The summed E-state index contributed by atoms with van der Waals surface area (Å²) in [5.41, 5.74) is 0.308. The number of nitrogens with zero attached hydrogens (tertiary/aromatic N) is 2. The molecule has 5 nitrogen and oxygen atoms in total. The molecule has 1 saturated carbocycles. The molecule has 1 aromatic heterocycles. The van der Waals surface area contributed by atoms with Crippen LogP contribution in [0.5, 0.6) is 0 Å². The van der Waals surface area contributed by atoms with E-state index in [1.165, 1.54) is 0 Å². The van der Waals surface area contributed by atoms with Gasteiger partial charge >= 0.3 is 0 Å². The highest BCUT2D eigenvalue weighted by atomic mass is 16.2. The van der Waals surface area contributed by atoms with Crippen molar-refractivity contribution in [2.45, 2.75) is 46.2 Å². The molecule has 116 valence electrons. The van der Waals surface area contributed by atoms with Crippen LogP contribution in [0.2, 0.25) is 0 Å². The molecule has 1 atom stereocenters. The SMILES string of the molecule is CC(C)Cn1ccnc1CNC(=O)C1CC12CCNCC2. The normalized spacial score (nSPS) is 23.5. The fraction of sp³-hybridized carbons (Fsp3) is 0.750. The highest BCUT2D eigenvalue weighted by Gasteiger charge is 2.57. The molecule has 0 aromatic carbocycles. The topological polar surface area (TPSA) is 59.0 Å². The number of carbonyl (C=O) groups is 1. The van der Waals surface area contributed by atoms with Crippen molar-refractivity contribution in [3.8, 4) is 0 Å². The van der Waals surface area contributed by atoms with Gasteiger partial charge in [-0.2, -0.15) is 0 Å². The van der Waals surface area contributed by atoms with E-state index in [-0.39, 0.29) is 11.8 Å². The monoisotopic (exact) mass is 290 g/mol. The number of amides is 1. The van der Waals surface area contributed by atoms with Crippen molar-refractivity contribution in [3.63, 3.8) is 0 Å². The van der Waals surface area contributed by atoms with E-state index in [1.54, 1.807) is 0 Å². The molecule has 1 amide bonds. The number of piperidine rings is 1. The molecule has 5 heteroatoms. The van der Waals surface area contributed by atoms with Gasteiger partial charge in [-0.05, 0) is 43.7 Å². The molecule has 0 radical (unpaired) electrons. The van der Waals surface area contributed by atoms with Gasteiger partial charge in [-0.1, -0.05) is 13.8 Å². The Morgan fingerprint density at radius 2 is 2.29 bits per heavy atom. The van der Waals surface area contributed by atoms with Gasteiger partial charge in [-0.15, -0.1) is 0 Å². The third-order valence-electron chi connectivity index (χ3n) is 4.89. The van der Waals surface area contributed by atoms with Gasteiger partial charge in [0.15, 0.2) is 0 Å². The summed E-state index contributed by atoms with van der Waals surface area (Å²) in [5, 5.41) is 6.46. The van der Waals surface area contributed by atoms with Crippen LogP contribution in [0.3, 0.4) is 0 Å². The summed E-state index contributed by atoms with van der Waals surface area (Å²) in [5.74, 6) is 1.98. The zero-order valence-electron chi connectivity index (χ0n) is 13.1. The molecule has 0 bridgehead atoms. The fourth-order valence-electron chi connectivity index (χ4n) is 3.55. The second-order valence-corrected chi connectivity index (χ2v) is 6.98. The van der Waals surface area contributed by atoms with Crippen molar-refractivity contribution >= 4 is 5.91 Å². The lowest BCUT2D eigenvalue weighted by molar-refractivity contribution is -0.123. The standard InChI is InChI=1S/C16H26N4O/c1-12(2)11-20-8-7-18-14(20)10-19-15(21)13-9-16(13)3-5-17-6-4-16/h7-8,12-13,17H,3-6,9-11H2,1-2H3,(H,19,21). The van der Waals surface area contributed by atoms with E-state index in [1.807, 2.05) is 12.4 Å². The van der Waals surface area contributed by atoms with Gasteiger partial charge in [0, 0.05) is 24.9 Å². The molecular formula is C16H26N4O. The molecule has 2 aliphatic rings. The second kappa shape index (κ2) is 5.79. The number of carbonyl (C=O) groups excluding carboxylic acids is 1. The van der Waals surface area contributed by atoms with Crippen molar-refractivity contribution in [1.29, 1.82) is 0 Å². The Balaban J connectivity index is 1.52. The molecule has 21 heavy (non-hydrogen) atoms. The Labute approximate surface area is 126 Å². The van der Waals surface area contributed by atoms with Gasteiger partial charge in [-0.25, -0.2) is 4.98 Å². The molecule has 1 aliphatic carbocycles. The lowest BCUT2D eigenvalue weighted by atomic mass is 9.92. The van der Waals surface area contributed by atoms with Crippen LogP contribution in [0.25, 0.3) is 0 Å². The van der Waals surface area contributed by atoms with Gasteiger partial charge in [0.05, 0.1) is 6.54 Å². The summed E-state index contributed by atoms with van der Waals surface area (Å²) < 4.78 is 2.14. The number of nitrogens with one attached hydrogen (secondary N) is 2. The van der Waals surface area contributed by atoms with Crippen LogP contribution in [0.4, 0.5) is 0 Å². The van der Waals surface area contributed by atoms with Gasteiger partial charge in [0.1, 0.15) is 5.82 Å². The Kier molecular flexibility index (Phi) is 4.02. The van der Waals surface area contributed by atoms with Crippen molar-refractivity contribution in [1.82, 2.24) is 20.2 Å². The zero-order chi connectivity index (χ0) is 14.9. The summed E-state index contributed by atoms with van der Waals surface area (Å²) in [6, 6.07) is 0. The van der Waals surface area contributed by atoms with Crippen LogP contribution in [0.15, 0.2) is 12.4 Å². The van der Waals surface area contributed by atoms with Gasteiger partial charge in [0.25, 0.3) is 0 Å². The molecule has 1 unspecified atom stereocenters. The predicted molar refractivity (Wildman–Crippen MR) is 81.6 cm³/mol. The van der Waals surface area contributed by atoms with Crippen molar-refractivity contribution in [2.75, 3.05) is 13.1 Å². The quantitative estimate of drug-likeness (QED) is 0.865. The van der Waals surface area contributed by atoms with Crippen molar-refractivity contribution < 1.29 is 4.79 Å². The van der Waals surface area contributed by atoms with Crippen LogP contribution in [0.1, 0.15) is 38.9 Å². The average Bonchev–Trinajstić information content (AvgIpc) is 2.96. The first-order valence-corrected chi connectivity index (χ1v) is 8.09. The molecule has 2 N–H and O–H groups in total. The first kappa shape index (κ1) is 14.6. The molecule has 3 rings (SSSR count). The summed E-state index contributed by atoms with van der Waals surface area (Å²) >= 11 is 0. The molecule has 2 heterocycles. The molecule has 1 spiro atoms. The summed E-state index contributed by atoms with van der Waals surface area (Å²) in [6.45, 7) is 7.99. The number of imidazole rings is 1. The minimum atomic E-state index is 0.219. The van der Waals surface area contributed by atoms with Gasteiger partial charge < -0.3 is 15.2 Å². The number of hydrogen-bond donors (Lipinski definition) is 2. The molecule has 1 saturated heterocycles. The summed E-state index contributed by atoms with van der Waals surface area (Å²) in [7, 11) is 0. The molecule has 2 fully saturated rings. The minimum absolute atomic E-state index is 0.219. The van der Waals surface area contributed by atoms with Crippen LogP contribution in [0, 0.1) is 17.3 Å². The van der Waals surface area contributed by atoms with Crippen LogP contribution >= 0.6 is 0 Å². The average molecular weight is 290 g/mol. The lowest BCUT2D eigenvalue weighted by Crippen LogP contribution is -2.33. The maximum Gasteiger partial charge on any atom is 0.224 e. The highest BCUT2D eigenvalue weighted by molar-refractivity contribution is 5.82. The highest BCUT2D eigenvalue weighted by Crippen LogP contribution is 2.58.